The topological polar surface area (TPSA) is 91.8 Å². The molecular formula is C8H8N4O. The first-order chi connectivity index (χ1) is 6.13. The summed E-state index contributed by atoms with van der Waals surface area (Å²) in [5.74, 6) is 0. The number of urea groups is 1. The van der Waals surface area contributed by atoms with Gasteiger partial charge < -0.3 is 11.1 Å². The van der Waals surface area contributed by atoms with Crippen molar-refractivity contribution in [3.05, 3.63) is 23.5 Å². The largest absolute Gasteiger partial charge is 0.351 e. The lowest BCUT2D eigenvalue weighted by Gasteiger charge is -2.04. The highest BCUT2D eigenvalue weighted by molar-refractivity contribution is 5.88. The van der Waals surface area contributed by atoms with Gasteiger partial charge in [-0.05, 0) is 18.6 Å². The lowest BCUT2D eigenvalue weighted by molar-refractivity contribution is 0.259. The van der Waals surface area contributed by atoms with Crippen molar-refractivity contribution in [2.75, 3.05) is 5.32 Å². The molecule has 0 saturated heterocycles. The molecule has 5 nitrogen and oxygen atoms in total. The normalized spacial score (nSPS) is 8.92. The van der Waals surface area contributed by atoms with E-state index in [9.17, 15) is 4.79 Å². The second-order valence-electron chi connectivity index (χ2n) is 2.49. The minimum Gasteiger partial charge on any atom is -0.351 e. The van der Waals surface area contributed by atoms with Gasteiger partial charge in [0.25, 0.3) is 0 Å². The number of nitriles is 1. The van der Waals surface area contributed by atoms with Crippen LogP contribution in [-0.4, -0.2) is 11.0 Å². The van der Waals surface area contributed by atoms with Crippen LogP contribution in [0.3, 0.4) is 0 Å². The maximum absolute atomic E-state index is 10.5. The highest BCUT2D eigenvalue weighted by Crippen LogP contribution is 2.13. The summed E-state index contributed by atoms with van der Waals surface area (Å²) >= 11 is 0. The Kier molecular flexibility index (Phi) is 2.45. The molecule has 0 bridgehead atoms. The number of amides is 2. The fourth-order valence-corrected chi connectivity index (χ4v) is 0.852. The highest BCUT2D eigenvalue weighted by Gasteiger charge is 2.02. The van der Waals surface area contributed by atoms with Gasteiger partial charge >= 0.3 is 6.03 Å². The van der Waals surface area contributed by atoms with Gasteiger partial charge in [-0.3, -0.25) is 0 Å². The van der Waals surface area contributed by atoms with Crippen molar-refractivity contribution in [1.82, 2.24) is 4.98 Å². The molecule has 1 heterocycles. The molecule has 66 valence electrons. The minimum atomic E-state index is -0.654. The predicted molar refractivity (Wildman–Crippen MR) is 46.9 cm³/mol. The average Bonchev–Trinajstić information content (AvgIpc) is 2.08. The molecule has 0 aliphatic rings. The number of hydrogen-bond acceptors (Lipinski definition) is 3. The van der Waals surface area contributed by atoms with Crippen molar-refractivity contribution < 1.29 is 4.79 Å². The van der Waals surface area contributed by atoms with Gasteiger partial charge in [-0.2, -0.15) is 5.26 Å². The Morgan fingerprint density at radius 3 is 3.00 bits per heavy atom. The van der Waals surface area contributed by atoms with Crippen molar-refractivity contribution in [1.29, 1.82) is 5.26 Å². The molecule has 0 unspecified atom stereocenters. The smallest absolute Gasteiger partial charge is 0.316 e. The number of rotatable bonds is 1. The predicted octanol–water partition coefficient (Wildman–Crippen LogP) is 0.752. The number of carbonyl (C=O) groups is 1. The molecule has 1 rings (SSSR count). The first-order valence-corrected chi connectivity index (χ1v) is 3.56. The zero-order valence-corrected chi connectivity index (χ0v) is 7.03. The Morgan fingerprint density at radius 1 is 1.77 bits per heavy atom. The summed E-state index contributed by atoms with van der Waals surface area (Å²) in [6.45, 7) is 1.76. The Bertz CT molecular complexity index is 380. The van der Waals surface area contributed by atoms with Crippen molar-refractivity contribution >= 4 is 11.7 Å². The number of primary amides is 1. The number of hydrogen-bond donors (Lipinski definition) is 2. The van der Waals surface area contributed by atoms with Crippen LogP contribution in [-0.2, 0) is 0 Å². The molecule has 0 radical (unpaired) electrons. The molecule has 2 amide bonds. The van der Waals surface area contributed by atoms with Gasteiger partial charge in [-0.15, -0.1) is 0 Å². The SMILES string of the molecule is Cc1cnc(C#N)cc1NC(N)=O. The Morgan fingerprint density at radius 2 is 2.46 bits per heavy atom. The van der Waals surface area contributed by atoms with Gasteiger partial charge in [0.2, 0.25) is 0 Å². The number of nitrogens with zero attached hydrogens (tertiary/aromatic N) is 2. The van der Waals surface area contributed by atoms with E-state index in [1.165, 1.54) is 12.3 Å². The quantitative estimate of drug-likeness (QED) is 0.661. The molecule has 1 aromatic heterocycles. The number of aryl methyl sites for hydroxylation is 1. The second-order valence-corrected chi connectivity index (χ2v) is 2.49. The maximum Gasteiger partial charge on any atom is 0.316 e. The molecular weight excluding hydrogens is 168 g/mol. The van der Waals surface area contributed by atoms with Crippen LogP contribution in [0.2, 0.25) is 0 Å². The summed E-state index contributed by atoms with van der Waals surface area (Å²) in [7, 11) is 0. The Labute approximate surface area is 75.2 Å². The van der Waals surface area contributed by atoms with E-state index in [0.29, 0.717) is 5.69 Å². The summed E-state index contributed by atoms with van der Waals surface area (Å²) in [5, 5.41) is 10.9. The van der Waals surface area contributed by atoms with Crippen LogP contribution in [0.1, 0.15) is 11.3 Å². The van der Waals surface area contributed by atoms with E-state index >= 15 is 0 Å². The first kappa shape index (κ1) is 9.00. The van der Waals surface area contributed by atoms with Crippen molar-refractivity contribution in [2.24, 2.45) is 5.73 Å². The average molecular weight is 176 g/mol. The number of anilines is 1. The van der Waals surface area contributed by atoms with Gasteiger partial charge in [0, 0.05) is 11.9 Å². The molecule has 13 heavy (non-hydrogen) atoms. The molecule has 0 aliphatic carbocycles. The van der Waals surface area contributed by atoms with Gasteiger partial charge in [0.05, 0.1) is 0 Å². The van der Waals surface area contributed by atoms with E-state index in [2.05, 4.69) is 10.3 Å². The van der Waals surface area contributed by atoms with E-state index in [-0.39, 0.29) is 5.69 Å². The number of nitrogens with two attached hydrogens (primary N) is 1. The van der Waals surface area contributed by atoms with Crippen molar-refractivity contribution in [2.45, 2.75) is 6.92 Å². The number of carbonyl (C=O) groups excluding carboxylic acids is 1. The summed E-state index contributed by atoms with van der Waals surface area (Å²) in [6.07, 6.45) is 1.50. The van der Waals surface area contributed by atoms with Crippen LogP contribution in [0.25, 0.3) is 0 Å². The zero-order chi connectivity index (χ0) is 9.84. The molecule has 0 saturated carbocycles. The summed E-state index contributed by atoms with van der Waals surface area (Å²) in [5.41, 5.74) is 6.45. The van der Waals surface area contributed by atoms with Crippen LogP contribution < -0.4 is 11.1 Å². The molecule has 5 heteroatoms. The van der Waals surface area contributed by atoms with Crippen LogP contribution >= 0.6 is 0 Å². The van der Waals surface area contributed by atoms with E-state index in [1.807, 2.05) is 6.07 Å². The third-order valence-corrected chi connectivity index (χ3v) is 1.48. The van der Waals surface area contributed by atoms with Gasteiger partial charge in [0.1, 0.15) is 11.8 Å². The van der Waals surface area contributed by atoms with Crippen molar-refractivity contribution in [3.63, 3.8) is 0 Å². The molecule has 0 aromatic carbocycles. The Balaban J connectivity index is 3.05. The number of pyridine rings is 1. The maximum atomic E-state index is 10.5. The monoisotopic (exact) mass is 176 g/mol. The van der Waals surface area contributed by atoms with Crippen LogP contribution in [0.4, 0.5) is 10.5 Å². The zero-order valence-electron chi connectivity index (χ0n) is 7.03. The van der Waals surface area contributed by atoms with Crippen molar-refractivity contribution in [3.8, 4) is 6.07 Å². The minimum absolute atomic E-state index is 0.245. The van der Waals surface area contributed by atoms with Crippen LogP contribution in [0.15, 0.2) is 12.3 Å². The molecule has 0 aliphatic heterocycles. The number of nitrogens with one attached hydrogen (secondary N) is 1. The third-order valence-electron chi connectivity index (χ3n) is 1.48. The lowest BCUT2D eigenvalue weighted by Crippen LogP contribution is -2.20. The van der Waals surface area contributed by atoms with Gasteiger partial charge in [0.15, 0.2) is 0 Å². The fourth-order valence-electron chi connectivity index (χ4n) is 0.852. The molecule has 0 atom stereocenters. The number of aromatic nitrogens is 1. The van der Waals surface area contributed by atoms with E-state index in [1.54, 1.807) is 6.92 Å². The van der Waals surface area contributed by atoms with E-state index in [4.69, 9.17) is 11.0 Å². The summed E-state index contributed by atoms with van der Waals surface area (Å²) < 4.78 is 0. The van der Waals surface area contributed by atoms with Gasteiger partial charge in [-0.25, -0.2) is 9.78 Å². The standard InChI is InChI=1S/C8H8N4O/c1-5-4-11-6(3-9)2-7(5)12-8(10)13/h2,4H,1H3,(H3,10,11,12,13). The molecule has 0 spiro atoms. The molecule has 3 N–H and O–H groups in total. The molecule has 0 fully saturated rings. The highest BCUT2D eigenvalue weighted by atomic mass is 16.2. The van der Waals surface area contributed by atoms with Gasteiger partial charge in [-0.1, -0.05) is 0 Å². The summed E-state index contributed by atoms with van der Waals surface area (Å²) in [4.78, 5) is 14.3. The second kappa shape index (κ2) is 3.54. The molecule has 1 aromatic rings. The summed E-state index contributed by atoms with van der Waals surface area (Å²) in [6, 6.07) is 2.68. The van der Waals surface area contributed by atoms with Crippen LogP contribution in [0.5, 0.6) is 0 Å². The first-order valence-electron chi connectivity index (χ1n) is 3.56. The third kappa shape index (κ3) is 2.17. The Hall–Kier alpha value is -2.09. The van der Waals surface area contributed by atoms with E-state index in [0.717, 1.165) is 5.56 Å². The van der Waals surface area contributed by atoms with Crippen LogP contribution in [0, 0.1) is 18.3 Å². The van der Waals surface area contributed by atoms with E-state index < -0.39 is 6.03 Å². The fraction of sp³-hybridized carbons (Fsp3) is 0.125. The lowest BCUT2D eigenvalue weighted by atomic mass is 10.2.